The minimum atomic E-state index is -0.00892. The molecule has 31 heavy (non-hydrogen) atoms. The molecule has 0 saturated carbocycles. The molecule has 7 nitrogen and oxygen atoms in total. The Bertz CT molecular complexity index is 1030. The Kier molecular flexibility index (Phi) is 8.43. The van der Waals surface area contributed by atoms with E-state index in [2.05, 4.69) is 24.3 Å². The van der Waals surface area contributed by atoms with Crippen LogP contribution in [0, 0.1) is 10.7 Å². The Morgan fingerprint density at radius 1 is 1.26 bits per heavy atom. The molecule has 0 saturated heterocycles. The minimum absolute atomic E-state index is 0.00892. The molecule has 166 valence electrons. The number of halogens is 1. The average molecular weight is 461 g/mol. The summed E-state index contributed by atoms with van der Waals surface area (Å²) in [5.74, 6) is 1.09. The van der Waals surface area contributed by atoms with E-state index >= 15 is 0 Å². The fourth-order valence-electron chi connectivity index (χ4n) is 3.29. The number of hydrogen-bond acceptors (Lipinski definition) is 4. The molecule has 0 radical (unpaired) electrons. The van der Waals surface area contributed by atoms with Crippen molar-refractivity contribution in [2.24, 2.45) is 5.92 Å². The summed E-state index contributed by atoms with van der Waals surface area (Å²) >= 11 is 11.7. The van der Waals surface area contributed by atoms with Gasteiger partial charge in [0.05, 0.1) is 6.54 Å². The maximum atomic E-state index is 12.4. The van der Waals surface area contributed by atoms with Gasteiger partial charge in [0.15, 0.2) is 10.6 Å². The Balaban J connectivity index is 1.62. The number of carbonyl (C=O) groups is 1. The van der Waals surface area contributed by atoms with Gasteiger partial charge in [-0.3, -0.25) is 14.0 Å². The number of amides is 1. The summed E-state index contributed by atoms with van der Waals surface area (Å²) in [6, 6.07) is 9.48. The van der Waals surface area contributed by atoms with Crippen LogP contribution in [0.25, 0.3) is 11.4 Å². The lowest BCUT2D eigenvalue weighted by Crippen LogP contribution is -2.30. The number of nitrogens with one attached hydrogen (secondary N) is 1. The Hall–Kier alpha value is -2.45. The van der Waals surface area contributed by atoms with Gasteiger partial charge in [-0.25, -0.2) is 4.68 Å². The molecule has 1 atom stereocenters. The van der Waals surface area contributed by atoms with Gasteiger partial charge in [0.2, 0.25) is 5.91 Å². The number of hydrogen-bond donors (Lipinski definition) is 1. The predicted molar refractivity (Wildman–Crippen MR) is 125 cm³/mol. The summed E-state index contributed by atoms with van der Waals surface area (Å²) in [6.45, 7) is 6.84. The van der Waals surface area contributed by atoms with Gasteiger partial charge in [-0.05, 0) is 54.9 Å². The second-order valence-electron chi connectivity index (χ2n) is 7.73. The molecule has 0 fully saturated rings. The smallest absolute Gasteiger partial charge is 0.221 e. The lowest BCUT2D eigenvalue weighted by molar-refractivity contribution is -0.121. The fraction of sp³-hybridized carbons (Fsp3) is 0.455. The van der Waals surface area contributed by atoms with Gasteiger partial charge in [0.25, 0.3) is 0 Å². The van der Waals surface area contributed by atoms with Gasteiger partial charge in [-0.1, -0.05) is 31.9 Å². The molecule has 0 aliphatic carbocycles. The van der Waals surface area contributed by atoms with Crippen LogP contribution in [0.1, 0.15) is 33.1 Å². The first-order valence-corrected chi connectivity index (χ1v) is 11.4. The number of rotatable bonds is 11. The summed E-state index contributed by atoms with van der Waals surface area (Å²) in [6.07, 6.45) is 6.08. The van der Waals surface area contributed by atoms with Gasteiger partial charge in [0, 0.05) is 49.0 Å². The third-order valence-electron chi connectivity index (χ3n) is 5.02. The lowest BCUT2D eigenvalue weighted by atomic mass is 10.2. The molecule has 2 aromatic heterocycles. The first kappa shape index (κ1) is 23.2. The van der Waals surface area contributed by atoms with E-state index in [9.17, 15) is 4.79 Å². The molecule has 9 heteroatoms. The van der Waals surface area contributed by atoms with E-state index in [1.165, 1.54) is 0 Å². The van der Waals surface area contributed by atoms with Crippen LogP contribution >= 0.6 is 23.8 Å². The van der Waals surface area contributed by atoms with Crippen molar-refractivity contribution in [3.05, 3.63) is 52.5 Å². The van der Waals surface area contributed by atoms with Crippen molar-refractivity contribution < 1.29 is 4.79 Å². The highest BCUT2D eigenvalue weighted by molar-refractivity contribution is 7.71. The van der Waals surface area contributed by atoms with Crippen molar-refractivity contribution in [2.75, 3.05) is 6.54 Å². The largest absolute Gasteiger partial charge is 0.356 e. The standard InChI is InChI=1S/C22H29ClN6OS/c1-3-4-13-28-21(18-6-8-19(23)9-7-18)26-29(22(28)31)14-10-20(30)24-15-17(2)16-27-12-5-11-25-27/h5-9,11-12,17H,3-4,10,13-16H2,1-2H3,(H,24,30). The molecule has 0 aliphatic heterocycles. The van der Waals surface area contributed by atoms with E-state index in [0.29, 0.717) is 29.3 Å². The molecule has 1 amide bonds. The van der Waals surface area contributed by atoms with Crippen molar-refractivity contribution in [3.8, 4) is 11.4 Å². The molecule has 1 aromatic carbocycles. The summed E-state index contributed by atoms with van der Waals surface area (Å²) in [5.41, 5.74) is 0.960. The molecule has 0 aliphatic rings. The van der Waals surface area contributed by atoms with Crippen LogP contribution in [0.3, 0.4) is 0 Å². The molecule has 2 heterocycles. The molecule has 3 rings (SSSR count). The fourth-order valence-corrected chi connectivity index (χ4v) is 3.73. The van der Waals surface area contributed by atoms with Crippen LogP contribution in [0.15, 0.2) is 42.7 Å². The molecule has 1 unspecified atom stereocenters. The first-order chi connectivity index (χ1) is 15.0. The summed E-state index contributed by atoms with van der Waals surface area (Å²) in [4.78, 5) is 12.4. The second kappa shape index (κ2) is 11.2. The number of nitrogens with zero attached hydrogens (tertiary/aromatic N) is 5. The Morgan fingerprint density at radius 2 is 2.03 bits per heavy atom. The third kappa shape index (κ3) is 6.51. The SMILES string of the molecule is CCCCn1c(-c2ccc(Cl)cc2)nn(CCC(=O)NCC(C)Cn2cccn2)c1=S. The van der Waals surface area contributed by atoms with Crippen LogP contribution in [0.5, 0.6) is 0 Å². The zero-order valence-corrected chi connectivity index (χ0v) is 19.6. The zero-order valence-electron chi connectivity index (χ0n) is 18.0. The number of unbranched alkanes of at least 4 members (excludes halogenated alkanes) is 1. The molecule has 3 aromatic rings. The quantitative estimate of drug-likeness (QED) is 0.425. The number of aryl methyl sites for hydroxylation is 1. The number of benzene rings is 1. The summed E-state index contributed by atoms with van der Waals surface area (Å²) < 4.78 is 6.31. The van der Waals surface area contributed by atoms with E-state index < -0.39 is 0 Å². The van der Waals surface area contributed by atoms with Crippen molar-refractivity contribution in [2.45, 2.75) is 52.7 Å². The van der Waals surface area contributed by atoms with Gasteiger partial charge < -0.3 is 5.32 Å². The number of carbonyl (C=O) groups excluding carboxylic acids is 1. The lowest BCUT2D eigenvalue weighted by Gasteiger charge is -2.12. The van der Waals surface area contributed by atoms with Gasteiger partial charge in [0.1, 0.15) is 0 Å². The zero-order chi connectivity index (χ0) is 22.2. The molecular weight excluding hydrogens is 432 g/mol. The normalized spacial score (nSPS) is 12.1. The minimum Gasteiger partial charge on any atom is -0.356 e. The molecule has 0 spiro atoms. The van der Waals surface area contributed by atoms with E-state index in [1.807, 2.05) is 45.8 Å². The number of aromatic nitrogens is 5. The van der Waals surface area contributed by atoms with E-state index in [4.69, 9.17) is 28.9 Å². The van der Waals surface area contributed by atoms with Crippen LogP contribution < -0.4 is 5.32 Å². The summed E-state index contributed by atoms with van der Waals surface area (Å²) in [7, 11) is 0. The van der Waals surface area contributed by atoms with Crippen molar-refractivity contribution >= 4 is 29.7 Å². The van der Waals surface area contributed by atoms with Crippen LogP contribution in [0.2, 0.25) is 5.02 Å². The van der Waals surface area contributed by atoms with E-state index in [-0.39, 0.29) is 11.8 Å². The van der Waals surface area contributed by atoms with Gasteiger partial charge in [-0.15, -0.1) is 0 Å². The first-order valence-electron chi connectivity index (χ1n) is 10.7. The Morgan fingerprint density at radius 3 is 2.71 bits per heavy atom. The van der Waals surface area contributed by atoms with Crippen LogP contribution in [-0.2, 0) is 24.4 Å². The molecule has 0 bridgehead atoms. The van der Waals surface area contributed by atoms with Crippen molar-refractivity contribution in [1.29, 1.82) is 0 Å². The van der Waals surface area contributed by atoms with Crippen LogP contribution in [0.4, 0.5) is 0 Å². The maximum absolute atomic E-state index is 12.4. The monoisotopic (exact) mass is 460 g/mol. The predicted octanol–water partition coefficient (Wildman–Crippen LogP) is 4.57. The van der Waals surface area contributed by atoms with Gasteiger partial charge >= 0.3 is 0 Å². The highest BCUT2D eigenvalue weighted by Crippen LogP contribution is 2.21. The van der Waals surface area contributed by atoms with Crippen molar-refractivity contribution in [3.63, 3.8) is 0 Å². The molecular formula is C22H29ClN6OS. The third-order valence-corrected chi connectivity index (χ3v) is 5.70. The molecule has 1 N–H and O–H groups in total. The maximum Gasteiger partial charge on any atom is 0.221 e. The average Bonchev–Trinajstić information content (AvgIpc) is 3.37. The van der Waals surface area contributed by atoms with Crippen LogP contribution in [-0.4, -0.2) is 36.6 Å². The second-order valence-corrected chi connectivity index (χ2v) is 8.53. The summed E-state index contributed by atoms with van der Waals surface area (Å²) in [5, 5.41) is 12.6. The Labute approximate surface area is 193 Å². The van der Waals surface area contributed by atoms with Crippen molar-refractivity contribution in [1.82, 2.24) is 29.4 Å². The topological polar surface area (TPSA) is 69.7 Å². The van der Waals surface area contributed by atoms with Gasteiger partial charge in [-0.2, -0.15) is 10.2 Å². The van der Waals surface area contributed by atoms with E-state index in [0.717, 1.165) is 37.3 Å². The van der Waals surface area contributed by atoms with E-state index in [1.54, 1.807) is 10.9 Å². The highest BCUT2D eigenvalue weighted by atomic mass is 35.5. The highest BCUT2D eigenvalue weighted by Gasteiger charge is 2.14.